The summed E-state index contributed by atoms with van der Waals surface area (Å²) < 4.78 is 12.8. The first-order valence-corrected chi connectivity index (χ1v) is 20.2. The molecule has 0 aliphatic carbocycles. The van der Waals surface area contributed by atoms with Crippen molar-refractivity contribution in [1.29, 1.82) is 0 Å². The molecule has 0 saturated heterocycles. The van der Waals surface area contributed by atoms with E-state index in [4.69, 9.17) is 9.15 Å². The van der Waals surface area contributed by atoms with E-state index in [1.165, 1.54) is 22.3 Å². The minimum Gasteiger partial charge on any atom is -0.456 e. The Hall–Kier alpha value is -8.10. The van der Waals surface area contributed by atoms with Gasteiger partial charge in [-0.15, -0.1) is 0 Å². The third-order valence-electron chi connectivity index (χ3n) is 11.4. The molecule has 0 bridgehead atoms. The maximum atomic E-state index is 6.42. The second-order valence-corrected chi connectivity index (χ2v) is 15.0. The number of nitrogens with zero attached hydrogens (tertiary/aromatic N) is 1. The maximum Gasteiger partial charge on any atom is 0.176 e. The predicted molar refractivity (Wildman–Crippen MR) is 249 cm³/mol. The SMILES string of the molecule is C1=Cc2c(ccc3oc4ccc(-c5ccc(N(c6ccc(-c7ccccc7)cc6)c6ccc(-c7ccccc7)cc6)c(-c6ccccc6)c5)cc4c23)OC=1c1ccccc1. The molecule has 60 heavy (non-hydrogen) atoms. The van der Waals surface area contributed by atoms with E-state index in [9.17, 15) is 0 Å². The van der Waals surface area contributed by atoms with E-state index in [2.05, 4.69) is 187 Å². The highest BCUT2D eigenvalue weighted by molar-refractivity contribution is 6.11. The Labute approximate surface area is 349 Å². The molecule has 3 nitrogen and oxygen atoms in total. The first kappa shape index (κ1) is 35.1. The van der Waals surface area contributed by atoms with E-state index in [0.717, 1.165) is 78.1 Å². The Kier molecular flexibility index (Phi) is 8.78. The average molecular weight is 768 g/mol. The van der Waals surface area contributed by atoms with Crippen molar-refractivity contribution in [1.82, 2.24) is 0 Å². The van der Waals surface area contributed by atoms with Crippen LogP contribution in [0.1, 0.15) is 11.1 Å². The second-order valence-electron chi connectivity index (χ2n) is 15.0. The molecular formula is C57H37NO2. The van der Waals surface area contributed by atoms with Gasteiger partial charge in [-0.05, 0) is 106 Å². The van der Waals surface area contributed by atoms with Crippen molar-refractivity contribution in [2.24, 2.45) is 0 Å². The van der Waals surface area contributed by atoms with Crippen LogP contribution in [0.15, 0.2) is 229 Å². The number of ether oxygens (including phenoxy) is 1. The highest BCUT2D eigenvalue weighted by atomic mass is 16.5. The van der Waals surface area contributed by atoms with Crippen LogP contribution < -0.4 is 9.64 Å². The van der Waals surface area contributed by atoms with Crippen molar-refractivity contribution in [3.8, 4) is 50.3 Å². The molecule has 1 aromatic heterocycles. The summed E-state index contributed by atoms with van der Waals surface area (Å²) in [6.07, 6.45) is 2.03. The molecule has 0 saturated carbocycles. The topological polar surface area (TPSA) is 25.6 Å². The van der Waals surface area contributed by atoms with Gasteiger partial charge in [-0.3, -0.25) is 0 Å². The van der Waals surface area contributed by atoms with Crippen molar-refractivity contribution < 1.29 is 9.15 Å². The first-order valence-electron chi connectivity index (χ1n) is 20.2. The molecule has 2 heterocycles. The van der Waals surface area contributed by atoms with Crippen LogP contribution >= 0.6 is 0 Å². The predicted octanol–water partition coefficient (Wildman–Crippen LogP) is 15.8. The molecule has 0 N–H and O–H groups in total. The van der Waals surface area contributed by atoms with Crippen molar-refractivity contribution in [2.75, 3.05) is 4.90 Å². The third-order valence-corrected chi connectivity index (χ3v) is 11.4. The fourth-order valence-corrected chi connectivity index (χ4v) is 8.35. The molecule has 0 spiro atoms. The lowest BCUT2D eigenvalue weighted by atomic mass is 9.94. The van der Waals surface area contributed by atoms with Gasteiger partial charge < -0.3 is 14.1 Å². The van der Waals surface area contributed by atoms with Crippen molar-refractivity contribution >= 4 is 50.8 Å². The average Bonchev–Trinajstić information content (AvgIpc) is 3.72. The third kappa shape index (κ3) is 6.46. The van der Waals surface area contributed by atoms with Crippen LogP contribution in [0.2, 0.25) is 0 Å². The zero-order valence-corrected chi connectivity index (χ0v) is 32.6. The molecule has 1 aliphatic heterocycles. The maximum absolute atomic E-state index is 6.42. The zero-order chi connectivity index (χ0) is 39.8. The number of anilines is 3. The van der Waals surface area contributed by atoms with Crippen LogP contribution in [0.5, 0.6) is 5.75 Å². The molecular weight excluding hydrogens is 731 g/mol. The normalized spacial score (nSPS) is 11.9. The molecule has 0 amide bonds. The van der Waals surface area contributed by atoms with Gasteiger partial charge in [0, 0.05) is 38.8 Å². The highest BCUT2D eigenvalue weighted by Gasteiger charge is 2.21. The summed E-state index contributed by atoms with van der Waals surface area (Å²) in [6.45, 7) is 0. The van der Waals surface area contributed by atoms with Gasteiger partial charge in [-0.25, -0.2) is 0 Å². The standard InChI is InChI=1S/C57H37NO2/c1-5-13-39(14-6-1)41-21-27-47(28-22-41)58(48-29-23-42(24-30-48)40-15-7-2-8-16-40)52-32-25-45(37-50(52)43-17-9-3-10-18-43)46-26-33-55-51(38-46)57-49-31-34-53(44-19-11-4-12-20-44)59-54(49)35-36-56(57)60-55/h1-33,35-38H. The van der Waals surface area contributed by atoms with E-state index in [0.29, 0.717) is 5.76 Å². The molecule has 0 unspecified atom stereocenters. The summed E-state index contributed by atoms with van der Waals surface area (Å²) >= 11 is 0. The van der Waals surface area contributed by atoms with E-state index in [-0.39, 0.29) is 0 Å². The lowest BCUT2D eigenvalue weighted by molar-refractivity contribution is 0.513. The summed E-state index contributed by atoms with van der Waals surface area (Å²) in [5.74, 6) is 1.50. The molecule has 0 radical (unpaired) electrons. The summed E-state index contributed by atoms with van der Waals surface area (Å²) in [7, 11) is 0. The zero-order valence-electron chi connectivity index (χ0n) is 32.6. The Bertz CT molecular complexity index is 3130. The highest BCUT2D eigenvalue weighted by Crippen LogP contribution is 2.45. The van der Waals surface area contributed by atoms with Crippen molar-refractivity contribution in [3.05, 3.63) is 235 Å². The van der Waals surface area contributed by atoms with Crippen LogP contribution in [-0.4, -0.2) is 0 Å². The second kappa shape index (κ2) is 15.0. The smallest absolute Gasteiger partial charge is 0.176 e. The van der Waals surface area contributed by atoms with Gasteiger partial charge in [-0.2, -0.15) is 0 Å². The Morgan fingerprint density at radius 1 is 0.383 bits per heavy atom. The van der Waals surface area contributed by atoms with E-state index < -0.39 is 0 Å². The molecule has 0 atom stereocenters. The van der Waals surface area contributed by atoms with Gasteiger partial charge in [-0.1, -0.05) is 163 Å². The number of hydrogen-bond donors (Lipinski definition) is 0. The molecule has 0 fully saturated rings. The number of rotatable bonds is 8. The number of furan rings is 1. The lowest BCUT2D eigenvalue weighted by Gasteiger charge is -2.29. The number of fused-ring (bicyclic) bond motifs is 5. The summed E-state index contributed by atoms with van der Waals surface area (Å²) in [5, 5.41) is 2.06. The van der Waals surface area contributed by atoms with Gasteiger partial charge in [0.15, 0.2) is 5.76 Å². The quantitative estimate of drug-likeness (QED) is 0.144. The monoisotopic (exact) mass is 767 g/mol. The molecule has 11 rings (SSSR count). The Balaban J connectivity index is 1.05. The van der Waals surface area contributed by atoms with E-state index in [1.54, 1.807) is 0 Å². The number of hydrogen-bond acceptors (Lipinski definition) is 3. The van der Waals surface area contributed by atoms with Crippen LogP contribution in [0.4, 0.5) is 17.1 Å². The summed E-state index contributed by atoms with van der Waals surface area (Å²) in [6, 6.07) is 77.0. The largest absolute Gasteiger partial charge is 0.456 e. The minimum absolute atomic E-state index is 0.706. The van der Waals surface area contributed by atoms with Crippen LogP contribution in [0, 0.1) is 0 Å². The number of benzene rings is 9. The molecule has 1 aliphatic rings. The van der Waals surface area contributed by atoms with Crippen molar-refractivity contribution in [3.63, 3.8) is 0 Å². The first-order chi connectivity index (χ1) is 29.7. The van der Waals surface area contributed by atoms with Crippen LogP contribution in [0.3, 0.4) is 0 Å². The molecule has 9 aromatic carbocycles. The van der Waals surface area contributed by atoms with Gasteiger partial charge in [0.25, 0.3) is 0 Å². The molecule has 282 valence electrons. The van der Waals surface area contributed by atoms with Gasteiger partial charge >= 0.3 is 0 Å². The molecule has 10 aromatic rings. The minimum atomic E-state index is 0.706. The summed E-state index contributed by atoms with van der Waals surface area (Å²) in [4.78, 5) is 2.37. The van der Waals surface area contributed by atoms with Gasteiger partial charge in [0.1, 0.15) is 16.9 Å². The van der Waals surface area contributed by atoms with Crippen LogP contribution in [0.25, 0.3) is 78.3 Å². The Morgan fingerprint density at radius 3 is 1.47 bits per heavy atom. The van der Waals surface area contributed by atoms with E-state index >= 15 is 0 Å². The van der Waals surface area contributed by atoms with E-state index in [1.807, 2.05) is 48.5 Å². The lowest BCUT2D eigenvalue weighted by Crippen LogP contribution is -2.11. The fourth-order valence-electron chi connectivity index (χ4n) is 8.35. The van der Waals surface area contributed by atoms with Gasteiger partial charge in [0.2, 0.25) is 0 Å². The fraction of sp³-hybridized carbons (Fsp3) is 0. The Morgan fingerprint density at radius 2 is 0.867 bits per heavy atom. The van der Waals surface area contributed by atoms with Crippen LogP contribution in [-0.2, 0) is 0 Å². The van der Waals surface area contributed by atoms with Gasteiger partial charge in [0.05, 0.1) is 5.69 Å². The van der Waals surface area contributed by atoms with Crippen molar-refractivity contribution in [2.45, 2.75) is 0 Å². The summed E-state index contributed by atoms with van der Waals surface area (Å²) in [5.41, 5.74) is 19.4. The molecule has 3 heteroatoms.